The van der Waals surface area contributed by atoms with Crippen molar-refractivity contribution >= 4 is 46.9 Å². The third kappa shape index (κ3) is 6.40. The number of carbonyl (C=O) groups excluding carboxylic acids is 1. The van der Waals surface area contributed by atoms with Gasteiger partial charge in [-0.25, -0.2) is 4.98 Å². The van der Waals surface area contributed by atoms with Crippen molar-refractivity contribution in [3.63, 3.8) is 0 Å². The van der Waals surface area contributed by atoms with Gasteiger partial charge in [0.15, 0.2) is 11.5 Å². The molecule has 3 aromatic rings. The summed E-state index contributed by atoms with van der Waals surface area (Å²) in [7, 11) is 3.20. The van der Waals surface area contributed by atoms with Crippen LogP contribution in [-0.2, 0) is 10.5 Å². The van der Waals surface area contributed by atoms with E-state index >= 15 is 0 Å². The van der Waals surface area contributed by atoms with Crippen LogP contribution in [0.5, 0.6) is 11.5 Å². The van der Waals surface area contributed by atoms with Crippen LogP contribution in [0.15, 0.2) is 64.5 Å². The van der Waals surface area contributed by atoms with Crippen LogP contribution in [0.1, 0.15) is 22.1 Å². The number of anilines is 1. The summed E-state index contributed by atoms with van der Waals surface area (Å²) >= 11 is 4.70. The summed E-state index contributed by atoms with van der Waals surface area (Å²) in [5.41, 5.74) is 3.70. The van der Waals surface area contributed by atoms with Crippen LogP contribution in [0.2, 0.25) is 0 Å². The number of nitrogens with one attached hydrogen (secondary N) is 1. The summed E-state index contributed by atoms with van der Waals surface area (Å²) < 4.78 is 10.9. The number of hydrogen-bond acceptors (Lipinski definition) is 7. The monoisotopic (exact) mass is 500 g/mol. The Bertz CT molecular complexity index is 1070. The number of methoxy groups -OCH3 is 2. The summed E-state index contributed by atoms with van der Waals surface area (Å²) in [5.74, 6) is 1.83. The van der Waals surface area contributed by atoms with Gasteiger partial charge < -0.3 is 14.8 Å². The predicted molar refractivity (Wildman–Crippen MR) is 141 cm³/mol. The average Bonchev–Trinajstić information content (AvgIpc) is 2.85. The minimum Gasteiger partial charge on any atom is -0.493 e. The lowest BCUT2D eigenvalue weighted by Gasteiger charge is -2.20. The fourth-order valence-electron chi connectivity index (χ4n) is 3.32. The highest BCUT2D eigenvalue weighted by Gasteiger charge is 2.25. The molecule has 1 amide bonds. The van der Waals surface area contributed by atoms with E-state index in [1.165, 1.54) is 11.8 Å². The van der Waals surface area contributed by atoms with E-state index in [2.05, 4.69) is 22.4 Å². The molecule has 1 heterocycles. The molecule has 33 heavy (non-hydrogen) atoms. The first-order valence-electron chi connectivity index (χ1n) is 10.3. The van der Waals surface area contributed by atoms with Crippen LogP contribution in [0.4, 0.5) is 5.69 Å². The number of hydrogen-bond donors (Lipinski definition) is 1. The largest absolute Gasteiger partial charge is 0.493 e. The number of pyridine rings is 1. The zero-order chi connectivity index (χ0) is 23.8. The molecule has 1 atom stereocenters. The molecule has 8 heteroatoms. The first kappa shape index (κ1) is 25.3. The van der Waals surface area contributed by atoms with E-state index in [1.807, 2.05) is 61.9 Å². The fraction of sp³-hybridized carbons (Fsp3) is 0.280. The quantitative estimate of drug-likeness (QED) is 0.320. The van der Waals surface area contributed by atoms with E-state index in [4.69, 9.17) is 9.47 Å². The van der Waals surface area contributed by atoms with Gasteiger partial charge in [0, 0.05) is 16.3 Å². The van der Waals surface area contributed by atoms with Crippen molar-refractivity contribution in [2.45, 2.75) is 27.8 Å². The van der Waals surface area contributed by atoms with Gasteiger partial charge in [0.05, 0.1) is 19.9 Å². The smallest absolute Gasteiger partial charge is 0.242 e. The van der Waals surface area contributed by atoms with Crippen molar-refractivity contribution < 1.29 is 14.3 Å². The molecule has 1 unspecified atom stereocenters. The molecule has 0 bridgehead atoms. The van der Waals surface area contributed by atoms with Crippen LogP contribution >= 0.6 is 35.3 Å². The molecule has 174 valence electrons. The normalized spacial score (nSPS) is 11.7. The maximum Gasteiger partial charge on any atom is 0.242 e. The van der Waals surface area contributed by atoms with Gasteiger partial charge in [-0.05, 0) is 48.8 Å². The molecule has 0 spiro atoms. The SMILES string of the molecule is COc1ccc(C(SCc2ccccc2)C(=O)Nc2c(SC)cc(C)nc2SC)cc1OC. The van der Waals surface area contributed by atoms with Gasteiger partial charge in [-0.2, -0.15) is 0 Å². The van der Waals surface area contributed by atoms with Crippen molar-refractivity contribution in [1.29, 1.82) is 0 Å². The van der Waals surface area contributed by atoms with Gasteiger partial charge >= 0.3 is 0 Å². The minimum atomic E-state index is -0.448. The highest BCUT2D eigenvalue weighted by molar-refractivity contribution is 8.00. The first-order valence-corrected chi connectivity index (χ1v) is 13.8. The van der Waals surface area contributed by atoms with Crippen LogP contribution in [0, 0.1) is 6.92 Å². The summed E-state index contributed by atoms with van der Waals surface area (Å²) in [6, 6.07) is 17.8. The van der Waals surface area contributed by atoms with Crippen molar-refractivity contribution in [3.8, 4) is 11.5 Å². The van der Waals surface area contributed by atoms with E-state index in [0.717, 1.165) is 32.4 Å². The molecule has 0 aliphatic rings. The minimum absolute atomic E-state index is 0.0978. The van der Waals surface area contributed by atoms with Crippen LogP contribution < -0.4 is 14.8 Å². The second-order valence-corrected chi connectivity index (χ2v) is 9.87. The number of ether oxygens (including phenoxy) is 2. The Morgan fingerprint density at radius 2 is 1.73 bits per heavy atom. The molecule has 3 rings (SSSR count). The van der Waals surface area contributed by atoms with Crippen molar-refractivity contribution in [1.82, 2.24) is 4.98 Å². The molecule has 1 N–H and O–H groups in total. The zero-order valence-electron chi connectivity index (χ0n) is 19.4. The molecule has 0 saturated carbocycles. The Labute approximate surface area is 208 Å². The molecular weight excluding hydrogens is 472 g/mol. The zero-order valence-corrected chi connectivity index (χ0v) is 21.8. The number of amides is 1. The standard InChI is InChI=1S/C25H28N2O3S3/c1-16-13-21(31-4)22(25(26-16)32-5)27-24(28)23(33-15-17-9-7-6-8-10-17)18-11-12-19(29-2)20(14-18)30-3/h6-14,23H,15H2,1-5H3,(H,27,28). The molecule has 0 aliphatic heterocycles. The summed E-state index contributed by atoms with van der Waals surface area (Å²) in [5, 5.41) is 3.54. The second kappa shape index (κ2) is 12.3. The topological polar surface area (TPSA) is 60.5 Å². The highest BCUT2D eigenvalue weighted by Crippen LogP contribution is 2.39. The molecule has 0 fully saturated rings. The van der Waals surface area contributed by atoms with E-state index in [9.17, 15) is 4.79 Å². The maximum absolute atomic E-state index is 13.7. The third-order valence-electron chi connectivity index (χ3n) is 4.95. The fourth-order valence-corrected chi connectivity index (χ4v) is 5.73. The summed E-state index contributed by atoms with van der Waals surface area (Å²) in [4.78, 5) is 19.3. The number of aromatic nitrogens is 1. The van der Waals surface area contributed by atoms with Crippen LogP contribution in [0.25, 0.3) is 0 Å². The van der Waals surface area contributed by atoms with Crippen molar-refractivity contribution in [3.05, 3.63) is 71.4 Å². The van der Waals surface area contributed by atoms with E-state index < -0.39 is 5.25 Å². The van der Waals surface area contributed by atoms with Gasteiger partial charge in [-0.3, -0.25) is 4.79 Å². The van der Waals surface area contributed by atoms with Gasteiger partial charge in [-0.15, -0.1) is 35.3 Å². The summed E-state index contributed by atoms with van der Waals surface area (Å²) in [6.07, 6.45) is 3.97. The molecule has 2 aromatic carbocycles. The van der Waals surface area contributed by atoms with E-state index in [1.54, 1.807) is 37.7 Å². The Balaban J connectivity index is 1.96. The van der Waals surface area contributed by atoms with Gasteiger partial charge in [0.2, 0.25) is 5.91 Å². The predicted octanol–water partition coefficient (Wildman–Crippen LogP) is 6.46. The molecule has 0 radical (unpaired) electrons. The average molecular weight is 501 g/mol. The molecule has 5 nitrogen and oxygen atoms in total. The van der Waals surface area contributed by atoms with Gasteiger partial charge in [0.1, 0.15) is 10.3 Å². The lowest BCUT2D eigenvalue weighted by Crippen LogP contribution is -2.20. The Kier molecular flexibility index (Phi) is 9.41. The Hall–Kier alpha value is -2.29. The van der Waals surface area contributed by atoms with Gasteiger partial charge in [-0.1, -0.05) is 36.4 Å². The van der Waals surface area contributed by atoms with E-state index in [0.29, 0.717) is 17.3 Å². The number of thioether (sulfide) groups is 3. The van der Waals surface area contributed by atoms with Gasteiger partial charge in [0.25, 0.3) is 0 Å². The van der Waals surface area contributed by atoms with Crippen molar-refractivity contribution in [2.75, 3.05) is 32.0 Å². The number of aryl methyl sites for hydroxylation is 1. The number of nitrogens with zero attached hydrogens (tertiary/aromatic N) is 1. The second-order valence-electron chi connectivity index (χ2n) is 7.13. The van der Waals surface area contributed by atoms with Crippen LogP contribution in [0.3, 0.4) is 0 Å². The van der Waals surface area contributed by atoms with Crippen LogP contribution in [-0.4, -0.2) is 37.6 Å². The Morgan fingerprint density at radius 3 is 2.36 bits per heavy atom. The first-order chi connectivity index (χ1) is 16.0. The third-order valence-corrected chi connectivity index (χ3v) is 7.71. The van der Waals surface area contributed by atoms with Crippen molar-refractivity contribution in [2.24, 2.45) is 0 Å². The molecule has 1 aromatic heterocycles. The number of carbonyl (C=O) groups is 1. The summed E-state index contributed by atoms with van der Waals surface area (Å²) in [6.45, 7) is 1.97. The van der Waals surface area contributed by atoms with E-state index in [-0.39, 0.29) is 5.91 Å². The molecular formula is C25H28N2O3S3. The number of rotatable bonds is 10. The number of benzene rings is 2. The molecule has 0 saturated heterocycles. The Morgan fingerprint density at radius 1 is 1.00 bits per heavy atom. The highest BCUT2D eigenvalue weighted by atomic mass is 32.2. The lowest BCUT2D eigenvalue weighted by atomic mass is 10.1. The molecule has 0 aliphatic carbocycles. The maximum atomic E-state index is 13.7. The lowest BCUT2D eigenvalue weighted by molar-refractivity contribution is -0.115.